The van der Waals surface area contributed by atoms with Crippen LogP contribution < -0.4 is 5.73 Å². The zero-order valence-corrected chi connectivity index (χ0v) is 11.6. The molecule has 2 atom stereocenters. The third-order valence-electron chi connectivity index (χ3n) is 3.69. The summed E-state index contributed by atoms with van der Waals surface area (Å²) in [6.45, 7) is 1.93. The predicted octanol–water partition coefficient (Wildman–Crippen LogP) is 3.02. The summed E-state index contributed by atoms with van der Waals surface area (Å²) in [4.78, 5) is 0. The van der Waals surface area contributed by atoms with Crippen molar-refractivity contribution in [3.05, 3.63) is 36.1 Å². The second-order valence-corrected chi connectivity index (χ2v) is 5.32. The Kier molecular flexibility index (Phi) is 4.35. The second-order valence-electron chi connectivity index (χ2n) is 5.32. The number of nitrogens with two attached hydrogens (primary N) is 1. The Morgan fingerprint density at radius 2 is 2.20 bits per heavy atom. The van der Waals surface area contributed by atoms with Crippen molar-refractivity contribution in [3.8, 4) is 0 Å². The van der Waals surface area contributed by atoms with Gasteiger partial charge >= 0.3 is 0 Å². The maximum atomic E-state index is 6.11. The smallest absolute Gasteiger partial charge is 0.134 e. The molecule has 4 heteroatoms. The van der Waals surface area contributed by atoms with Crippen LogP contribution in [-0.4, -0.2) is 25.9 Å². The molecule has 0 radical (unpaired) electrons. The molecule has 108 valence electrons. The minimum atomic E-state index is -0.231. The molecule has 1 aliphatic heterocycles. The number of para-hydroxylation sites is 1. The van der Waals surface area contributed by atoms with Crippen molar-refractivity contribution < 1.29 is 13.9 Å². The van der Waals surface area contributed by atoms with E-state index in [1.165, 1.54) is 6.42 Å². The van der Waals surface area contributed by atoms with E-state index in [0.29, 0.717) is 13.2 Å². The van der Waals surface area contributed by atoms with Gasteiger partial charge < -0.3 is 19.6 Å². The summed E-state index contributed by atoms with van der Waals surface area (Å²) in [7, 11) is 0. The highest BCUT2D eigenvalue weighted by Crippen LogP contribution is 2.23. The fraction of sp³-hybridized carbons (Fsp3) is 0.500. The Labute approximate surface area is 118 Å². The van der Waals surface area contributed by atoms with Crippen LogP contribution in [0, 0.1) is 0 Å². The highest BCUT2D eigenvalue weighted by Gasteiger charge is 2.16. The molecule has 2 aromatic rings. The maximum absolute atomic E-state index is 6.11. The Bertz CT molecular complexity index is 512. The van der Waals surface area contributed by atoms with Gasteiger partial charge in [0.15, 0.2) is 0 Å². The average Bonchev–Trinajstić information content (AvgIpc) is 2.92. The van der Waals surface area contributed by atoms with Crippen LogP contribution in [0.25, 0.3) is 11.0 Å². The van der Waals surface area contributed by atoms with Crippen LogP contribution in [0.3, 0.4) is 0 Å². The molecule has 1 fully saturated rings. The van der Waals surface area contributed by atoms with Crippen molar-refractivity contribution >= 4 is 11.0 Å². The fourth-order valence-electron chi connectivity index (χ4n) is 2.53. The second kappa shape index (κ2) is 6.39. The predicted molar refractivity (Wildman–Crippen MR) is 77.6 cm³/mol. The fourth-order valence-corrected chi connectivity index (χ4v) is 2.53. The van der Waals surface area contributed by atoms with Crippen molar-refractivity contribution in [1.29, 1.82) is 0 Å². The molecule has 2 unspecified atom stereocenters. The topological polar surface area (TPSA) is 57.6 Å². The zero-order chi connectivity index (χ0) is 13.8. The number of hydrogen-bond donors (Lipinski definition) is 1. The Hall–Kier alpha value is -1.36. The van der Waals surface area contributed by atoms with Gasteiger partial charge in [0, 0.05) is 12.0 Å². The quantitative estimate of drug-likeness (QED) is 0.911. The first-order valence-corrected chi connectivity index (χ1v) is 7.26. The van der Waals surface area contributed by atoms with Crippen molar-refractivity contribution in [1.82, 2.24) is 0 Å². The summed E-state index contributed by atoms with van der Waals surface area (Å²) in [5, 5.41) is 1.08. The Balaban J connectivity index is 1.52. The normalized spacial score (nSPS) is 21.1. The molecule has 0 amide bonds. The van der Waals surface area contributed by atoms with E-state index >= 15 is 0 Å². The standard InChI is InChI=1S/C16H21NO3/c17-14(11-18-10-13-6-3-4-8-19-13)16-9-12-5-1-2-7-15(12)20-16/h1-2,5,7,9,13-14H,3-4,6,8,10-11,17H2. The molecule has 0 saturated carbocycles. The Morgan fingerprint density at radius 3 is 3.00 bits per heavy atom. The van der Waals surface area contributed by atoms with E-state index in [1.807, 2.05) is 30.3 Å². The molecule has 1 saturated heterocycles. The molecule has 1 aromatic heterocycles. The van der Waals surface area contributed by atoms with Crippen molar-refractivity contribution in [3.63, 3.8) is 0 Å². The lowest BCUT2D eigenvalue weighted by atomic mass is 10.1. The lowest BCUT2D eigenvalue weighted by Gasteiger charge is -2.22. The number of rotatable bonds is 5. The van der Waals surface area contributed by atoms with Gasteiger partial charge in [0.05, 0.1) is 25.4 Å². The van der Waals surface area contributed by atoms with Crippen LogP contribution in [0.15, 0.2) is 34.7 Å². The van der Waals surface area contributed by atoms with Crippen LogP contribution in [0.1, 0.15) is 31.1 Å². The SMILES string of the molecule is NC(COCC1CCCCO1)c1cc2ccccc2o1. The zero-order valence-electron chi connectivity index (χ0n) is 11.6. The highest BCUT2D eigenvalue weighted by atomic mass is 16.5. The molecule has 3 rings (SSSR count). The van der Waals surface area contributed by atoms with Gasteiger partial charge in [-0.1, -0.05) is 18.2 Å². The maximum Gasteiger partial charge on any atom is 0.134 e. The molecule has 20 heavy (non-hydrogen) atoms. The molecule has 1 aromatic carbocycles. The molecule has 1 aliphatic rings. The van der Waals surface area contributed by atoms with Gasteiger partial charge in [0.2, 0.25) is 0 Å². The molecule has 2 N–H and O–H groups in total. The van der Waals surface area contributed by atoms with Crippen LogP contribution >= 0.6 is 0 Å². The number of benzene rings is 1. The number of ether oxygens (including phenoxy) is 2. The Morgan fingerprint density at radius 1 is 1.30 bits per heavy atom. The van der Waals surface area contributed by atoms with Gasteiger partial charge in [-0.05, 0) is 31.4 Å². The van der Waals surface area contributed by atoms with Crippen molar-refractivity contribution in [2.75, 3.05) is 19.8 Å². The van der Waals surface area contributed by atoms with Gasteiger partial charge in [0.25, 0.3) is 0 Å². The summed E-state index contributed by atoms with van der Waals surface area (Å²) in [5.74, 6) is 0.774. The van der Waals surface area contributed by atoms with E-state index < -0.39 is 0 Å². The largest absolute Gasteiger partial charge is 0.459 e. The van der Waals surface area contributed by atoms with E-state index in [4.69, 9.17) is 19.6 Å². The van der Waals surface area contributed by atoms with Gasteiger partial charge in [0.1, 0.15) is 11.3 Å². The molecule has 0 aliphatic carbocycles. The summed E-state index contributed by atoms with van der Waals surface area (Å²) < 4.78 is 17.0. The highest BCUT2D eigenvalue weighted by molar-refractivity contribution is 5.77. The van der Waals surface area contributed by atoms with Crippen LogP contribution in [0.5, 0.6) is 0 Å². The lowest BCUT2D eigenvalue weighted by molar-refractivity contribution is -0.0434. The number of hydrogen-bond acceptors (Lipinski definition) is 4. The molecule has 4 nitrogen and oxygen atoms in total. The average molecular weight is 275 g/mol. The minimum Gasteiger partial charge on any atom is -0.459 e. The van der Waals surface area contributed by atoms with Gasteiger partial charge in [-0.25, -0.2) is 0 Å². The lowest BCUT2D eigenvalue weighted by Crippen LogP contribution is -2.26. The van der Waals surface area contributed by atoms with Crippen molar-refractivity contribution in [2.24, 2.45) is 5.73 Å². The number of fused-ring (bicyclic) bond motifs is 1. The van der Waals surface area contributed by atoms with E-state index in [1.54, 1.807) is 0 Å². The first-order chi connectivity index (χ1) is 9.83. The molecular formula is C16H21NO3. The first kappa shape index (κ1) is 13.6. The van der Waals surface area contributed by atoms with Gasteiger partial charge in [-0.15, -0.1) is 0 Å². The van der Waals surface area contributed by atoms with E-state index in [-0.39, 0.29) is 12.1 Å². The summed E-state index contributed by atoms with van der Waals surface area (Å²) >= 11 is 0. The monoisotopic (exact) mass is 275 g/mol. The van der Waals surface area contributed by atoms with E-state index in [9.17, 15) is 0 Å². The van der Waals surface area contributed by atoms with Gasteiger partial charge in [-0.2, -0.15) is 0 Å². The van der Waals surface area contributed by atoms with Crippen LogP contribution in [-0.2, 0) is 9.47 Å². The third-order valence-corrected chi connectivity index (χ3v) is 3.69. The van der Waals surface area contributed by atoms with Crippen molar-refractivity contribution in [2.45, 2.75) is 31.4 Å². The summed E-state index contributed by atoms with van der Waals surface area (Å²) in [5.41, 5.74) is 6.98. The number of furan rings is 1. The van der Waals surface area contributed by atoms with Gasteiger partial charge in [-0.3, -0.25) is 0 Å². The molecule has 0 bridgehead atoms. The van der Waals surface area contributed by atoms with E-state index in [2.05, 4.69) is 0 Å². The molecule has 2 heterocycles. The summed E-state index contributed by atoms with van der Waals surface area (Å²) in [6, 6.07) is 9.67. The molecular weight excluding hydrogens is 254 g/mol. The van der Waals surface area contributed by atoms with Crippen LogP contribution in [0.4, 0.5) is 0 Å². The molecule has 0 spiro atoms. The first-order valence-electron chi connectivity index (χ1n) is 7.26. The minimum absolute atomic E-state index is 0.228. The summed E-state index contributed by atoms with van der Waals surface area (Å²) in [6.07, 6.45) is 3.70. The third kappa shape index (κ3) is 3.20. The van der Waals surface area contributed by atoms with Crippen LogP contribution in [0.2, 0.25) is 0 Å². The van der Waals surface area contributed by atoms with E-state index in [0.717, 1.165) is 36.2 Å².